The molecule has 0 aromatic carbocycles. The number of esters is 1. The van der Waals surface area contributed by atoms with E-state index >= 15 is 0 Å². The fourth-order valence-electron chi connectivity index (χ4n) is 6.89. The predicted molar refractivity (Wildman–Crippen MR) is 117 cm³/mol. The number of hydrogen-bond donors (Lipinski definition) is 0. The van der Waals surface area contributed by atoms with Crippen LogP contribution in [-0.4, -0.2) is 13.1 Å². The van der Waals surface area contributed by atoms with Gasteiger partial charge in [-0.25, -0.2) is 0 Å². The summed E-state index contributed by atoms with van der Waals surface area (Å²) in [5.74, 6) is 4.66. The minimum Gasteiger partial charge on any atom is -0.469 e. The Kier molecular flexibility index (Phi) is 8.30. The first-order valence-corrected chi connectivity index (χ1v) is 12.6. The van der Waals surface area contributed by atoms with Gasteiger partial charge < -0.3 is 4.74 Å². The predicted octanol–water partition coefficient (Wildman–Crippen LogP) is 7.55. The lowest BCUT2D eigenvalue weighted by atomic mass is 9.62. The van der Waals surface area contributed by atoms with Gasteiger partial charge in [-0.2, -0.15) is 0 Å². The Morgan fingerprint density at radius 1 is 0.821 bits per heavy atom. The molecule has 0 saturated heterocycles. The van der Waals surface area contributed by atoms with E-state index in [1.54, 1.807) is 7.11 Å². The van der Waals surface area contributed by atoms with E-state index in [2.05, 4.69) is 13.8 Å². The van der Waals surface area contributed by atoms with E-state index < -0.39 is 0 Å². The van der Waals surface area contributed by atoms with Crippen LogP contribution in [0, 0.1) is 35.0 Å². The Balaban J connectivity index is 1.49. The normalized spacial score (nSPS) is 39.5. The Bertz CT molecular complexity index is 461. The van der Waals surface area contributed by atoms with Gasteiger partial charge in [0.2, 0.25) is 0 Å². The fourth-order valence-corrected chi connectivity index (χ4v) is 6.89. The minimum atomic E-state index is -0.159. The number of carbonyl (C=O) groups is 1. The zero-order valence-electron chi connectivity index (χ0n) is 19.0. The minimum absolute atomic E-state index is 0.0999. The maximum absolute atomic E-state index is 12.8. The highest BCUT2D eigenvalue weighted by atomic mass is 16.5. The first-order valence-electron chi connectivity index (χ1n) is 12.6. The lowest BCUT2D eigenvalue weighted by Gasteiger charge is -2.42. The molecule has 0 aromatic rings. The molecule has 0 spiro atoms. The van der Waals surface area contributed by atoms with E-state index in [4.69, 9.17) is 4.74 Å². The van der Waals surface area contributed by atoms with Crippen LogP contribution in [0.15, 0.2) is 0 Å². The van der Waals surface area contributed by atoms with Gasteiger partial charge in [0.1, 0.15) is 0 Å². The van der Waals surface area contributed by atoms with Crippen molar-refractivity contribution in [2.24, 2.45) is 35.0 Å². The number of methoxy groups -OCH3 is 1. The monoisotopic (exact) mass is 390 g/mol. The maximum Gasteiger partial charge on any atom is 0.311 e. The van der Waals surface area contributed by atoms with Crippen LogP contribution < -0.4 is 0 Å². The van der Waals surface area contributed by atoms with E-state index in [-0.39, 0.29) is 11.4 Å². The lowest BCUT2D eigenvalue weighted by Crippen LogP contribution is -2.38. The third-order valence-electron chi connectivity index (χ3n) is 9.03. The molecule has 3 aliphatic carbocycles. The second kappa shape index (κ2) is 10.5. The van der Waals surface area contributed by atoms with Gasteiger partial charge in [0, 0.05) is 0 Å². The van der Waals surface area contributed by atoms with E-state index in [1.165, 1.54) is 83.5 Å². The topological polar surface area (TPSA) is 26.3 Å². The zero-order valence-corrected chi connectivity index (χ0v) is 19.0. The average Bonchev–Trinajstić information content (AvgIpc) is 2.74. The molecule has 162 valence electrons. The van der Waals surface area contributed by atoms with Gasteiger partial charge in [0.25, 0.3) is 0 Å². The van der Waals surface area contributed by atoms with Crippen LogP contribution in [0.5, 0.6) is 0 Å². The molecule has 0 N–H and O–H groups in total. The van der Waals surface area contributed by atoms with Gasteiger partial charge in [0.05, 0.1) is 12.5 Å². The summed E-state index contributed by atoms with van der Waals surface area (Å²) < 4.78 is 5.34. The molecule has 2 heteroatoms. The molecule has 3 fully saturated rings. The second-order valence-electron chi connectivity index (χ2n) is 10.8. The third kappa shape index (κ3) is 5.54. The highest BCUT2D eigenvalue weighted by Crippen LogP contribution is 2.49. The van der Waals surface area contributed by atoms with Crippen LogP contribution in [0.4, 0.5) is 0 Å². The van der Waals surface area contributed by atoms with Crippen LogP contribution >= 0.6 is 0 Å². The van der Waals surface area contributed by atoms with Gasteiger partial charge in [-0.3, -0.25) is 4.79 Å². The van der Waals surface area contributed by atoms with E-state index in [1.807, 2.05) is 0 Å². The standard InChI is InChI=1S/C26H46O2/c1-4-5-21-8-10-22(11-9-21)14-17-26(25(27)28-3)18-15-24(16-19-26)23-12-6-20(2)7-13-23/h20-24H,4-19H2,1-3H3. The summed E-state index contributed by atoms with van der Waals surface area (Å²) in [4.78, 5) is 12.8. The average molecular weight is 391 g/mol. The fraction of sp³-hybridized carbons (Fsp3) is 0.962. The molecule has 0 unspecified atom stereocenters. The quantitative estimate of drug-likeness (QED) is 0.419. The maximum atomic E-state index is 12.8. The molecular weight excluding hydrogens is 344 g/mol. The van der Waals surface area contributed by atoms with Crippen molar-refractivity contribution >= 4 is 5.97 Å². The Hall–Kier alpha value is -0.530. The number of hydrogen-bond acceptors (Lipinski definition) is 2. The molecule has 3 saturated carbocycles. The summed E-state index contributed by atoms with van der Waals surface area (Å²) in [5, 5.41) is 0. The molecule has 2 nitrogen and oxygen atoms in total. The van der Waals surface area contributed by atoms with Crippen molar-refractivity contribution in [2.75, 3.05) is 7.11 Å². The van der Waals surface area contributed by atoms with Gasteiger partial charge in [0.15, 0.2) is 0 Å². The molecule has 3 aliphatic rings. The van der Waals surface area contributed by atoms with Crippen molar-refractivity contribution in [3.63, 3.8) is 0 Å². The first-order chi connectivity index (χ1) is 13.6. The third-order valence-corrected chi connectivity index (χ3v) is 9.03. The molecule has 0 aliphatic heterocycles. The highest BCUT2D eigenvalue weighted by molar-refractivity contribution is 5.76. The zero-order chi connectivity index (χ0) is 20.0. The first kappa shape index (κ1) is 22.2. The molecule has 0 radical (unpaired) electrons. The molecule has 0 amide bonds. The highest BCUT2D eigenvalue weighted by Gasteiger charge is 2.44. The van der Waals surface area contributed by atoms with Crippen LogP contribution in [0.3, 0.4) is 0 Å². The number of rotatable bonds is 7. The Morgan fingerprint density at radius 2 is 1.36 bits per heavy atom. The van der Waals surface area contributed by atoms with Crippen LogP contribution in [0.25, 0.3) is 0 Å². The molecule has 0 heterocycles. The van der Waals surface area contributed by atoms with Gasteiger partial charge >= 0.3 is 5.97 Å². The van der Waals surface area contributed by atoms with Crippen molar-refractivity contribution < 1.29 is 9.53 Å². The Morgan fingerprint density at radius 3 is 1.89 bits per heavy atom. The van der Waals surface area contributed by atoms with E-state index in [9.17, 15) is 4.79 Å². The molecule has 28 heavy (non-hydrogen) atoms. The van der Waals surface area contributed by atoms with Crippen LogP contribution in [0.1, 0.15) is 117 Å². The van der Waals surface area contributed by atoms with Crippen molar-refractivity contribution in [1.29, 1.82) is 0 Å². The second-order valence-corrected chi connectivity index (χ2v) is 10.8. The van der Waals surface area contributed by atoms with Crippen molar-refractivity contribution in [1.82, 2.24) is 0 Å². The summed E-state index contributed by atoms with van der Waals surface area (Å²) in [6.45, 7) is 4.73. The van der Waals surface area contributed by atoms with E-state index in [0.717, 1.165) is 48.9 Å². The summed E-state index contributed by atoms with van der Waals surface area (Å²) >= 11 is 0. The molecule has 0 aromatic heterocycles. The SMILES string of the molecule is CCCC1CCC(CCC2(C(=O)OC)CCC(C3CCC(C)CC3)CC2)CC1. The lowest BCUT2D eigenvalue weighted by molar-refractivity contribution is -0.157. The largest absolute Gasteiger partial charge is 0.469 e. The van der Waals surface area contributed by atoms with Crippen LogP contribution in [0.2, 0.25) is 0 Å². The van der Waals surface area contributed by atoms with Crippen LogP contribution in [-0.2, 0) is 9.53 Å². The van der Waals surface area contributed by atoms with Crippen molar-refractivity contribution in [3.05, 3.63) is 0 Å². The van der Waals surface area contributed by atoms with E-state index in [0.29, 0.717) is 0 Å². The smallest absolute Gasteiger partial charge is 0.311 e. The summed E-state index contributed by atoms with van der Waals surface area (Å²) in [6, 6.07) is 0. The molecule has 0 atom stereocenters. The summed E-state index contributed by atoms with van der Waals surface area (Å²) in [6.07, 6.45) is 21.1. The van der Waals surface area contributed by atoms with Gasteiger partial charge in [-0.05, 0) is 81.0 Å². The summed E-state index contributed by atoms with van der Waals surface area (Å²) in [7, 11) is 1.61. The molecular formula is C26H46O2. The Labute approximate surface area is 174 Å². The van der Waals surface area contributed by atoms with Crippen molar-refractivity contribution in [2.45, 2.75) is 117 Å². The number of ether oxygens (including phenoxy) is 1. The molecule has 0 bridgehead atoms. The van der Waals surface area contributed by atoms with Gasteiger partial charge in [-0.15, -0.1) is 0 Å². The van der Waals surface area contributed by atoms with Gasteiger partial charge in [-0.1, -0.05) is 65.2 Å². The van der Waals surface area contributed by atoms with Crippen molar-refractivity contribution in [3.8, 4) is 0 Å². The molecule has 3 rings (SSSR count). The number of carbonyl (C=O) groups excluding carboxylic acids is 1. The summed E-state index contributed by atoms with van der Waals surface area (Å²) in [5.41, 5.74) is -0.159.